The molecule has 1 aromatic rings. The second kappa shape index (κ2) is 16.5. The van der Waals surface area contributed by atoms with Crippen LogP contribution in [0.15, 0.2) is 18.2 Å². The maximum absolute atomic E-state index is 12.1. The van der Waals surface area contributed by atoms with E-state index in [-0.39, 0.29) is 52.3 Å². The summed E-state index contributed by atoms with van der Waals surface area (Å²) in [7, 11) is -1.59. The summed E-state index contributed by atoms with van der Waals surface area (Å²) >= 11 is 5.98. The molecular weight excluding hydrogens is 534 g/mol. The molecule has 2 rings (SSSR count). The van der Waals surface area contributed by atoms with Crippen LogP contribution in [0, 0.1) is 0 Å². The molecule has 0 bridgehead atoms. The topological polar surface area (TPSA) is 158 Å². The van der Waals surface area contributed by atoms with Crippen LogP contribution >= 0.6 is 11.6 Å². The molecule has 0 saturated carbocycles. The van der Waals surface area contributed by atoms with Crippen molar-refractivity contribution < 1.29 is 77.3 Å². The fraction of sp³-hybridized carbons (Fsp3) is 0.522. The molecule has 1 fully saturated rings. The molecule has 1 aliphatic rings. The molecule has 38 heavy (non-hydrogen) atoms. The normalized spacial score (nSPS) is 13.2. The first-order valence-electron chi connectivity index (χ1n) is 11.4. The molecule has 1 heterocycles. The summed E-state index contributed by atoms with van der Waals surface area (Å²) in [5.74, 6) is -3.21. The first-order valence-corrected chi connectivity index (χ1v) is 11.7. The van der Waals surface area contributed by atoms with Crippen molar-refractivity contribution in [1.82, 2.24) is 4.90 Å². The van der Waals surface area contributed by atoms with Gasteiger partial charge in [-0.05, 0) is 45.7 Å². The minimum absolute atomic E-state index is 0. The van der Waals surface area contributed by atoms with Gasteiger partial charge in [0, 0.05) is 39.9 Å². The van der Waals surface area contributed by atoms with Gasteiger partial charge in [0.25, 0.3) is 17.9 Å². The van der Waals surface area contributed by atoms with Gasteiger partial charge in [0.2, 0.25) is 0 Å². The van der Waals surface area contributed by atoms with E-state index in [1.807, 2.05) is 20.8 Å². The molecule has 12 nitrogen and oxygen atoms in total. The Kier molecular flexibility index (Phi) is 15.4. The summed E-state index contributed by atoms with van der Waals surface area (Å²) in [6, 6.07) is 5.06. The number of likely N-dealkylation sites (tertiary alicyclic amines) is 1. The number of benzene rings is 1. The van der Waals surface area contributed by atoms with Crippen molar-refractivity contribution in [3.05, 3.63) is 28.8 Å². The number of amides is 1. The van der Waals surface area contributed by atoms with Crippen LogP contribution in [0.25, 0.3) is 0 Å². The van der Waals surface area contributed by atoms with Gasteiger partial charge in [-0.15, -0.1) is 0 Å². The summed E-state index contributed by atoms with van der Waals surface area (Å²) < 4.78 is 18.4. The Balaban J connectivity index is 0.000000838. The van der Waals surface area contributed by atoms with E-state index in [2.05, 4.69) is 19.3 Å². The number of ether oxygens (including phenoxy) is 1. The van der Waals surface area contributed by atoms with Gasteiger partial charge in [0.15, 0.2) is 0 Å². The number of nitrogens with one attached hydrogen (secondary N) is 1. The molecule has 0 unspecified atom stereocenters. The Morgan fingerprint density at radius 3 is 1.84 bits per heavy atom. The quantitative estimate of drug-likeness (QED) is 0.463. The molecule has 15 heteroatoms. The van der Waals surface area contributed by atoms with E-state index >= 15 is 0 Å². The van der Waals surface area contributed by atoms with Crippen molar-refractivity contribution in [1.29, 1.82) is 0 Å². The van der Waals surface area contributed by atoms with E-state index in [0.717, 1.165) is 20.8 Å². The molecule has 1 amide bonds. The van der Waals surface area contributed by atoms with E-state index in [0.29, 0.717) is 31.6 Å². The minimum atomic E-state index is -1.59. The van der Waals surface area contributed by atoms with E-state index in [1.54, 1.807) is 23.1 Å². The van der Waals surface area contributed by atoms with E-state index < -0.39 is 36.8 Å². The molecule has 1 aliphatic heterocycles. The van der Waals surface area contributed by atoms with Crippen LogP contribution in [0.2, 0.25) is 5.02 Å². The van der Waals surface area contributed by atoms with Crippen LogP contribution in [-0.4, -0.2) is 72.0 Å². The number of aromatic carboxylic acids is 1. The van der Waals surface area contributed by atoms with E-state index in [1.165, 1.54) is 0 Å². The standard InChI is InChI=1S/C17H23ClN2O4.C6H9BO6.Na/c1-17(2,3)24-16(23)20-9-7-11(8-10-20)19-13-6-4-5-12(18)14(13)15(21)22;1-4(8)11-7(12-5(2)9)13-6(3)10;/h4-6,11,19H,7-10H2,1-3H3,(H,21,22);1-3H3;/q;-1;+1. The Labute approximate surface area is 249 Å². The van der Waals surface area contributed by atoms with Crippen molar-refractivity contribution in [2.75, 3.05) is 18.4 Å². The smallest absolute Gasteiger partial charge is 0.642 e. The Morgan fingerprint density at radius 2 is 1.45 bits per heavy atom. The first kappa shape index (κ1) is 35.5. The number of rotatable bonds is 6. The number of carboxylic acids is 1. The summed E-state index contributed by atoms with van der Waals surface area (Å²) in [5, 5.41) is 12.7. The maximum atomic E-state index is 12.1. The Morgan fingerprint density at radius 1 is 0.974 bits per heavy atom. The van der Waals surface area contributed by atoms with Crippen LogP contribution in [0.5, 0.6) is 0 Å². The molecule has 2 N–H and O–H groups in total. The SMILES string of the molecule is CC(=O)O[B-](OC(C)=O)OC(C)=O.CC(C)(C)OC(=O)N1CCC(Nc2cccc(Cl)c2C(=O)O)CC1.[Na+]. The molecular formula is C23H32BClN2NaO10. The zero-order valence-electron chi connectivity index (χ0n) is 22.7. The molecule has 1 saturated heterocycles. The first-order chi connectivity index (χ1) is 17.1. The van der Waals surface area contributed by atoms with Gasteiger partial charge < -0.3 is 34.0 Å². The number of carbonyl (C=O) groups is 5. The van der Waals surface area contributed by atoms with Crippen molar-refractivity contribution in [2.45, 2.75) is 66.0 Å². The van der Waals surface area contributed by atoms with Gasteiger partial charge in [-0.25, -0.2) is 9.59 Å². The van der Waals surface area contributed by atoms with E-state index in [9.17, 15) is 29.1 Å². The van der Waals surface area contributed by atoms with Crippen LogP contribution < -0.4 is 34.9 Å². The van der Waals surface area contributed by atoms with Crippen LogP contribution in [0.1, 0.15) is 64.7 Å². The number of carbonyl (C=O) groups excluding carboxylic acids is 4. The van der Waals surface area contributed by atoms with Crippen molar-refractivity contribution in [3.63, 3.8) is 0 Å². The Bertz CT molecular complexity index is 959. The van der Waals surface area contributed by atoms with Gasteiger partial charge in [0.05, 0.1) is 10.7 Å². The van der Waals surface area contributed by atoms with Gasteiger partial charge in [-0.2, -0.15) is 0 Å². The summed E-state index contributed by atoms with van der Waals surface area (Å²) in [6.45, 7) is 9.94. The van der Waals surface area contributed by atoms with Crippen molar-refractivity contribution >= 4 is 54.6 Å². The number of halogens is 1. The number of hydrogen-bond donors (Lipinski definition) is 2. The minimum Gasteiger partial charge on any atom is -0.642 e. The van der Waals surface area contributed by atoms with E-state index in [4.69, 9.17) is 16.3 Å². The molecule has 0 aliphatic carbocycles. The average Bonchev–Trinajstić information content (AvgIpc) is 2.71. The predicted octanol–water partition coefficient (Wildman–Crippen LogP) is 0.514. The van der Waals surface area contributed by atoms with Gasteiger partial charge >= 0.3 is 48.9 Å². The molecule has 1 radical (unpaired) electrons. The number of piperidine rings is 1. The molecule has 1 aromatic carbocycles. The maximum Gasteiger partial charge on any atom is 1.00 e. The van der Waals surface area contributed by atoms with Crippen molar-refractivity contribution in [2.24, 2.45) is 0 Å². The van der Waals surface area contributed by atoms with Crippen LogP contribution in [0.3, 0.4) is 0 Å². The van der Waals surface area contributed by atoms with Gasteiger partial charge in [-0.3, -0.25) is 14.4 Å². The summed E-state index contributed by atoms with van der Waals surface area (Å²) in [6.07, 6.45) is 1.12. The number of nitrogens with zero attached hydrogens (tertiary/aromatic N) is 1. The fourth-order valence-corrected chi connectivity index (χ4v) is 3.35. The zero-order valence-corrected chi connectivity index (χ0v) is 25.4. The molecule has 0 aromatic heterocycles. The third-order valence-corrected chi connectivity index (χ3v) is 4.84. The van der Waals surface area contributed by atoms with Crippen LogP contribution in [0.4, 0.5) is 10.5 Å². The van der Waals surface area contributed by atoms with Crippen LogP contribution in [-0.2, 0) is 33.1 Å². The molecule has 0 spiro atoms. The monoisotopic (exact) mass is 565 g/mol. The number of hydrogen-bond acceptors (Lipinski definition) is 10. The second-order valence-corrected chi connectivity index (χ2v) is 9.38. The summed E-state index contributed by atoms with van der Waals surface area (Å²) in [5.41, 5.74) is 0.0723. The van der Waals surface area contributed by atoms with Gasteiger partial charge in [-0.1, -0.05) is 17.7 Å². The average molecular weight is 566 g/mol. The van der Waals surface area contributed by atoms with Gasteiger partial charge in [0.1, 0.15) is 11.2 Å². The largest absolute Gasteiger partial charge is 1.00 e. The zero-order chi connectivity index (χ0) is 28.3. The number of anilines is 1. The Hall–Kier alpha value is -2.48. The molecule has 0 atom stereocenters. The molecule has 205 valence electrons. The van der Waals surface area contributed by atoms with Crippen molar-refractivity contribution in [3.8, 4) is 0 Å². The summed E-state index contributed by atoms with van der Waals surface area (Å²) in [4.78, 5) is 56.3. The third kappa shape index (κ3) is 13.9. The second-order valence-electron chi connectivity index (χ2n) is 8.97. The third-order valence-electron chi connectivity index (χ3n) is 4.52. The number of carboxylic acid groups (broad SMARTS) is 1. The fourth-order valence-electron chi connectivity index (χ4n) is 3.09. The predicted molar refractivity (Wildman–Crippen MR) is 134 cm³/mol.